The van der Waals surface area contributed by atoms with E-state index >= 15 is 0 Å². The molecule has 0 radical (unpaired) electrons. The van der Waals surface area contributed by atoms with Crippen LogP contribution in [0.25, 0.3) is 10.9 Å². The van der Waals surface area contributed by atoms with Gasteiger partial charge in [-0.05, 0) is 24.3 Å². The van der Waals surface area contributed by atoms with Gasteiger partial charge in [-0.25, -0.2) is 9.82 Å². The standard InChI is InChI=1S/C15H14BrFN4/c1-21-13-5-3-2-4-10(13)15(20-21)14(19-18)11-8-9(16)6-7-12(11)17/h2-8,14,19H,18H2,1H3. The van der Waals surface area contributed by atoms with E-state index in [4.69, 9.17) is 5.84 Å². The van der Waals surface area contributed by atoms with E-state index < -0.39 is 6.04 Å². The van der Waals surface area contributed by atoms with Gasteiger partial charge in [0.25, 0.3) is 0 Å². The van der Waals surface area contributed by atoms with E-state index in [2.05, 4.69) is 26.5 Å². The van der Waals surface area contributed by atoms with Crippen LogP contribution in [0.5, 0.6) is 0 Å². The van der Waals surface area contributed by atoms with Crippen LogP contribution in [-0.4, -0.2) is 9.78 Å². The highest BCUT2D eigenvalue weighted by atomic mass is 79.9. The van der Waals surface area contributed by atoms with Crippen molar-refractivity contribution in [3.63, 3.8) is 0 Å². The topological polar surface area (TPSA) is 55.9 Å². The lowest BCUT2D eigenvalue weighted by Crippen LogP contribution is -2.30. The fraction of sp³-hybridized carbons (Fsp3) is 0.133. The Labute approximate surface area is 129 Å². The zero-order valence-corrected chi connectivity index (χ0v) is 12.9. The van der Waals surface area contributed by atoms with Gasteiger partial charge in [0, 0.05) is 22.5 Å². The van der Waals surface area contributed by atoms with Crippen LogP contribution >= 0.6 is 15.9 Å². The zero-order chi connectivity index (χ0) is 15.0. The summed E-state index contributed by atoms with van der Waals surface area (Å²) in [5, 5.41) is 5.45. The number of hydrazine groups is 1. The number of benzene rings is 2. The fourth-order valence-electron chi connectivity index (χ4n) is 2.51. The SMILES string of the molecule is Cn1nc(C(NN)c2cc(Br)ccc2F)c2ccccc21. The number of hydrogen-bond donors (Lipinski definition) is 2. The maximum atomic E-state index is 14.1. The first-order valence-electron chi connectivity index (χ1n) is 6.44. The Morgan fingerprint density at radius 3 is 2.81 bits per heavy atom. The van der Waals surface area contributed by atoms with Crippen molar-refractivity contribution < 1.29 is 4.39 Å². The molecule has 3 aromatic rings. The predicted octanol–water partition coefficient (Wildman–Crippen LogP) is 3.03. The summed E-state index contributed by atoms with van der Waals surface area (Å²) < 4.78 is 16.7. The van der Waals surface area contributed by atoms with E-state index in [1.807, 2.05) is 31.3 Å². The first kappa shape index (κ1) is 14.2. The van der Waals surface area contributed by atoms with Crippen LogP contribution in [0.15, 0.2) is 46.9 Å². The predicted molar refractivity (Wildman–Crippen MR) is 84.0 cm³/mol. The Bertz CT molecular complexity index is 799. The number of hydrogen-bond acceptors (Lipinski definition) is 3. The van der Waals surface area contributed by atoms with Crippen LogP contribution in [0.2, 0.25) is 0 Å². The molecule has 1 aromatic heterocycles. The van der Waals surface area contributed by atoms with Gasteiger partial charge >= 0.3 is 0 Å². The summed E-state index contributed by atoms with van der Waals surface area (Å²) >= 11 is 3.36. The van der Waals surface area contributed by atoms with Gasteiger partial charge in [0.05, 0.1) is 17.3 Å². The second kappa shape index (κ2) is 5.55. The average Bonchev–Trinajstić information content (AvgIpc) is 2.81. The molecule has 0 saturated heterocycles. The van der Waals surface area contributed by atoms with E-state index in [0.29, 0.717) is 11.3 Å². The Morgan fingerprint density at radius 1 is 1.29 bits per heavy atom. The number of halogens is 2. The van der Waals surface area contributed by atoms with Crippen LogP contribution in [0.4, 0.5) is 4.39 Å². The summed E-state index contributed by atoms with van der Waals surface area (Å²) in [7, 11) is 1.86. The second-order valence-electron chi connectivity index (χ2n) is 4.79. The molecule has 1 atom stereocenters. The minimum atomic E-state index is -0.520. The van der Waals surface area contributed by atoms with Crippen LogP contribution in [0.1, 0.15) is 17.3 Å². The Hall–Kier alpha value is -1.76. The average molecular weight is 349 g/mol. The summed E-state index contributed by atoms with van der Waals surface area (Å²) in [6.07, 6.45) is 0. The molecule has 6 heteroatoms. The monoisotopic (exact) mass is 348 g/mol. The van der Waals surface area contributed by atoms with Crippen LogP contribution in [0.3, 0.4) is 0 Å². The molecule has 21 heavy (non-hydrogen) atoms. The normalized spacial score (nSPS) is 12.8. The van der Waals surface area contributed by atoms with Crippen molar-refractivity contribution in [2.45, 2.75) is 6.04 Å². The largest absolute Gasteiger partial charge is 0.271 e. The summed E-state index contributed by atoms with van der Waals surface area (Å²) in [6.45, 7) is 0. The first-order chi connectivity index (χ1) is 10.1. The summed E-state index contributed by atoms with van der Waals surface area (Å²) in [5.41, 5.74) is 4.80. The van der Waals surface area contributed by atoms with E-state index in [-0.39, 0.29) is 5.82 Å². The van der Waals surface area contributed by atoms with Crippen molar-refractivity contribution in [3.8, 4) is 0 Å². The highest BCUT2D eigenvalue weighted by Crippen LogP contribution is 2.30. The molecule has 0 amide bonds. The van der Waals surface area contributed by atoms with E-state index in [9.17, 15) is 4.39 Å². The number of fused-ring (bicyclic) bond motifs is 1. The van der Waals surface area contributed by atoms with Gasteiger partial charge < -0.3 is 0 Å². The molecule has 0 aliphatic rings. The highest BCUT2D eigenvalue weighted by molar-refractivity contribution is 9.10. The minimum Gasteiger partial charge on any atom is -0.271 e. The third-order valence-corrected chi connectivity index (χ3v) is 3.99. The zero-order valence-electron chi connectivity index (χ0n) is 11.3. The molecule has 3 N–H and O–H groups in total. The molecule has 0 aliphatic carbocycles. The van der Waals surface area contributed by atoms with Crippen molar-refractivity contribution in [2.24, 2.45) is 12.9 Å². The smallest absolute Gasteiger partial charge is 0.128 e. The molecule has 1 unspecified atom stereocenters. The molecule has 3 rings (SSSR count). The Kier molecular flexibility index (Phi) is 3.75. The molecule has 0 spiro atoms. The van der Waals surface area contributed by atoms with Gasteiger partial charge in [0.1, 0.15) is 5.82 Å². The van der Waals surface area contributed by atoms with Crippen LogP contribution in [0, 0.1) is 5.82 Å². The lowest BCUT2D eigenvalue weighted by Gasteiger charge is -2.16. The number of nitrogens with one attached hydrogen (secondary N) is 1. The van der Waals surface area contributed by atoms with E-state index in [0.717, 1.165) is 15.4 Å². The number of rotatable bonds is 3. The van der Waals surface area contributed by atoms with Crippen molar-refractivity contribution >= 4 is 26.8 Å². The third kappa shape index (κ3) is 2.46. The number of aromatic nitrogens is 2. The van der Waals surface area contributed by atoms with Gasteiger partial charge in [0.2, 0.25) is 0 Å². The quantitative estimate of drug-likeness (QED) is 0.565. The van der Waals surface area contributed by atoms with Crippen molar-refractivity contribution in [1.29, 1.82) is 0 Å². The molecule has 0 aliphatic heterocycles. The summed E-state index contributed by atoms with van der Waals surface area (Å²) in [6, 6.07) is 12.1. The maximum Gasteiger partial charge on any atom is 0.128 e. The lowest BCUT2D eigenvalue weighted by atomic mass is 10.0. The molecule has 0 fully saturated rings. The van der Waals surface area contributed by atoms with E-state index in [1.54, 1.807) is 16.8 Å². The Balaban J connectivity index is 2.21. The molecule has 2 aromatic carbocycles. The molecule has 108 valence electrons. The fourth-order valence-corrected chi connectivity index (χ4v) is 2.89. The molecule has 0 saturated carbocycles. The van der Waals surface area contributed by atoms with Gasteiger partial charge in [-0.1, -0.05) is 34.1 Å². The number of nitrogens with two attached hydrogens (primary N) is 1. The first-order valence-corrected chi connectivity index (χ1v) is 7.24. The molecule has 4 nitrogen and oxygen atoms in total. The van der Waals surface area contributed by atoms with Gasteiger partial charge in [-0.2, -0.15) is 5.10 Å². The number of nitrogens with zero attached hydrogens (tertiary/aromatic N) is 2. The van der Waals surface area contributed by atoms with Crippen LogP contribution in [-0.2, 0) is 7.05 Å². The number of para-hydroxylation sites is 1. The van der Waals surface area contributed by atoms with Crippen molar-refractivity contribution in [1.82, 2.24) is 15.2 Å². The van der Waals surface area contributed by atoms with Gasteiger partial charge in [0.15, 0.2) is 0 Å². The molecule has 0 bridgehead atoms. The molecule has 1 heterocycles. The lowest BCUT2D eigenvalue weighted by molar-refractivity contribution is 0.549. The molecular weight excluding hydrogens is 335 g/mol. The van der Waals surface area contributed by atoms with Crippen molar-refractivity contribution in [3.05, 3.63) is 64.0 Å². The summed E-state index contributed by atoms with van der Waals surface area (Å²) in [5.74, 6) is 5.35. The molecular formula is C15H14BrFN4. The van der Waals surface area contributed by atoms with Crippen molar-refractivity contribution in [2.75, 3.05) is 0 Å². The number of aryl methyl sites for hydroxylation is 1. The summed E-state index contributed by atoms with van der Waals surface area (Å²) in [4.78, 5) is 0. The van der Waals surface area contributed by atoms with Gasteiger partial charge in [-0.3, -0.25) is 10.5 Å². The third-order valence-electron chi connectivity index (χ3n) is 3.50. The van der Waals surface area contributed by atoms with E-state index in [1.165, 1.54) is 6.07 Å². The minimum absolute atomic E-state index is 0.323. The second-order valence-corrected chi connectivity index (χ2v) is 5.71. The van der Waals surface area contributed by atoms with Crippen LogP contribution < -0.4 is 11.3 Å². The Morgan fingerprint density at radius 2 is 2.05 bits per heavy atom. The van der Waals surface area contributed by atoms with Gasteiger partial charge in [-0.15, -0.1) is 0 Å². The highest BCUT2D eigenvalue weighted by Gasteiger charge is 2.22. The maximum absolute atomic E-state index is 14.1.